The van der Waals surface area contributed by atoms with E-state index < -0.39 is 0 Å². The molecule has 0 radical (unpaired) electrons. The zero-order chi connectivity index (χ0) is 14.4. The van der Waals surface area contributed by atoms with Crippen LogP contribution in [0.25, 0.3) is 0 Å². The summed E-state index contributed by atoms with van der Waals surface area (Å²) in [6, 6.07) is 6.47. The molecule has 2 rings (SSSR count). The second-order valence-electron chi connectivity index (χ2n) is 5.36. The summed E-state index contributed by atoms with van der Waals surface area (Å²) >= 11 is 1.67. The van der Waals surface area contributed by atoms with E-state index in [2.05, 4.69) is 37.4 Å². The maximum absolute atomic E-state index is 11.8. The molecule has 0 bridgehead atoms. The molecule has 1 heterocycles. The van der Waals surface area contributed by atoms with E-state index in [4.69, 9.17) is 4.74 Å². The Morgan fingerprint density at radius 3 is 3.05 bits per heavy atom. The van der Waals surface area contributed by atoms with Crippen LogP contribution in [0.2, 0.25) is 0 Å². The molecular weight excluding hydrogens is 270 g/mol. The maximum Gasteiger partial charge on any atom is 0.230 e. The van der Waals surface area contributed by atoms with Gasteiger partial charge >= 0.3 is 0 Å². The van der Waals surface area contributed by atoms with Gasteiger partial charge in [0.25, 0.3) is 0 Å². The third-order valence-electron chi connectivity index (χ3n) is 3.55. The molecule has 0 aliphatic carbocycles. The summed E-state index contributed by atoms with van der Waals surface area (Å²) < 4.78 is 5.48. The van der Waals surface area contributed by atoms with Crippen LogP contribution in [0.1, 0.15) is 29.5 Å². The lowest BCUT2D eigenvalue weighted by Crippen LogP contribution is -2.32. The van der Waals surface area contributed by atoms with Crippen molar-refractivity contribution in [2.45, 2.75) is 38.5 Å². The second kappa shape index (κ2) is 7.70. The third kappa shape index (κ3) is 4.84. The first kappa shape index (κ1) is 15.4. The van der Waals surface area contributed by atoms with E-state index in [1.54, 1.807) is 11.8 Å². The Labute approximate surface area is 125 Å². The Hall–Kier alpha value is -1.00. The number of carbonyl (C=O) groups is 1. The van der Waals surface area contributed by atoms with E-state index in [1.165, 1.54) is 16.7 Å². The fourth-order valence-corrected chi connectivity index (χ4v) is 3.21. The molecule has 1 N–H and O–H groups in total. The van der Waals surface area contributed by atoms with Crippen molar-refractivity contribution in [1.82, 2.24) is 5.32 Å². The molecule has 1 aromatic carbocycles. The highest BCUT2D eigenvalue weighted by atomic mass is 32.2. The second-order valence-corrected chi connectivity index (χ2v) is 6.35. The molecule has 4 heteroatoms. The first-order valence-electron chi connectivity index (χ1n) is 7.17. The van der Waals surface area contributed by atoms with Gasteiger partial charge in [-0.2, -0.15) is 0 Å². The number of nitrogens with one attached hydrogen (secondary N) is 1. The average Bonchev–Trinajstić information content (AvgIpc) is 2.93. The Morgan fingerprint density at radius 2 is 2.30 bits per heavy atom. The molecule has 1 aliphatic heterocycles. The molecule has 1 amide bonds. The van der Waals surface area contributed by atoms with Crippen molar-refractivity contribution in [2.75, 3.05) is 18.9 Å². The van der Waals surface area contributed by atoms with Crippen LogP contribution in [-0.4, -0.2) is 30.9 Å². The minimum absolute atomic E-state index is 0.107. The smallest absolute Gasteiger partial charge is 0.230 e. The number of benzene rings is 1. The van der Waals surface area contributed by atoms with Crippen molar-refractivity contribution in [1.29, 1.82) is 0 Å². The van der Waals surface area contributed by atoms with Crippen LogP contribution < -0.4 is 5.32 Å². The highest BCUT2D eigenvalue weighted by molar-refractivity contribution is 7.99. The highest BCUT2D eigenvalue weighted by Crippen LogP contribution is 2.17. The van der Waals surface area contributed by atoms with E-state index in [9.17, 15) is 4.79 Å². The van der Waals surface area contributed by atoms with Crippen LogP contribution in [0.4, 0.5) is 0 Å². The molecule has 1 fully saturated rings. The monoisotopic (exact) mass is 293 g/mol. The topological polar surface area (TPSA) is 38.3 Å². The predicted molar refractivity (Wildman–Crippen MR) is 84.1 cm³/mol. The standard InChI is InChI=1S/C16H23NO2S/c1-12-5-6-13(2)14(8-12)10-20-11-16(18)17-9-15-4-3-7-19-15/h5-6,8,15H,3-4,7,9-11H2,1-2H3,(H,17,18). The van der Waals surface area contributed by atoms with Crippen LogP contribution >= 0.6 is 11.8 Å². The molecule has 0 spiro atoms. The van der Waals surface area contributed by atoms with Crippen molar-refractivity contribution >= 4 is 17.7 Å². The van der Waals surface area contributed by atoms with Crippen molar-refractivity contribution in [3.8, 4) is 0 Å². The SMILES string of the molecule is Cc1ccc(C)c(CSCC(=O)NCC2CCCO2)c1. The van der Waals surface area contributed by atoms with Crippen LogP contribution in [0.15, 0.2) is 18.2 Å². The van der Waals surface area contributed by atoms with Gasteiger partial charge in [0.1, 0.15) is 0 Å². The number of amides is 1. The number of aryl methyl sites for hydroxylation is 2. The number of carbonyl (C=O) groups excluding carboxylic acids is 1. The van der Waals surface area contributed by atoms with E-state index in [0.717, 1.165) is 25.2 Å². The van der Waals surface area contributed by atoms with E-state index >= 15 is 0 Å². The van der Waals surface area contributed by atoms with Crippen LogP contribution in [0.3, 0.4) is 0 Å². The number of hydrogen-bond donors (Lipinski definition) is 1. The molecule has 1 aliphatic rings. The fourth-order valence-electron chi connectivity index (χ4n) is 2.29. The first-order valence-corrected chi connectivity index (χ1v) is 8.33. The molecule has 0 saturated carbocycles. The summed E-state index contributed by atoms with van der Waals surface area (Å²) in [4.78, 5) is 11.8. The van der Waals surface area contributed by atoms with Crippen molar-refractivity contribution in [3.63, 3.8) is 0 Å². The van der Waals surface area contributed by atoms with Gasteiger partial charge in [-0.15, -0.1) is 11.8 Å². The number of thioether (sulfide) groups is 1. The molecule has 3 nitrogen and oxygen atoms in total. The minimum Gasteiger partial charge on any atom is -0.376 e. The number of rotatable bonds is 6. The summed E-state index contributed by atoms with van der Waals surface area (Å²) in [6.07, 6.45) is 2.40. The molecule has 110 valence electrons. The minimum atomic E-state index is 0.107. The van der Waals surface area contributed by atoms with Crippen molar-refractivity contribution in [3.05, 3.63) is 34.9 Å². The summed E-state index contributed by atoms with van der Waals surface area (Å²) in [5.41, 5.74) is 3.89. The quantitative estimate of drug-likeness (QED) is 0.876. The first-order chi connectivity index (χ1) is 9.65. The van der Waals surface area contributed by atoms with Gasteiger partial charge in [0.2, 0.25) is 5.91 Å². The van der Waals surface area contributed by atoms with Gasteiger partial charge in [-0.3, -0.25) is 4.79 Å². The lowest BCUT2D eigenvalue weighted by atomic mass is 10.1. The summed E-state index contributed by atoms with van der Waals surface area (Å²) in [7, 11) is 0. The van der Waals surface area contributed by atoms with Gasteiger partial charge < -0.3 is 10.1 Å². The molecule has 1 saturated heterocycles. The summed E-state index contributed by atoms with van der Waals surface area (Å²) in [5, 5.41) is 2.95. The van der Waals surface area contributed by atoms with E-state index in [1.807, 2.05) is 0 Å². The van der Waals surface area contributed by atoms with Gasteiger partial charge in [-0.1, -0.05) is 23.8 Å². The normalized spacial score (nSPS) is 18.2. The Morgan fingerprint density at radius 1 is 1.45 bits per heavy atom. The van der Waals surface area contributed by atoms with Crippen molar-refractivity contribution in [2.24, 2.45) is 0 Å². The van der Waals surface area contributed by atoms with E-state index in [-0.39, 0.29) is 12.0 Å². The lowest BCUT2D eigenvalue weighted by molar-refractivity contribution is -0.119. The van der Waals surface area contributed by atoms with Crippen LogP contribution in [-0.2, 0) is 15.3 Å². The molecule has 1 unspecified atom stereocenters. The molecule has 1 aromatic rings. The number of hydrogen-bond acceptors (Lipinski definition) is 3. The fraction of sp³-hybridized carbons (Fsp3) is 0.562. The summed E-state index contributed by atoms with van der Waals surface area (Å²) in [5.74, 6) is 1.51. The zero-order valence-electron chi connectivity index (χ0n) is 12.3. The average molecular weight is 293 g/mol. The van der Waals surface area contributed by atoms with Crippen LogP contribution in [0, 0.1) is 13.8 Å². The van der Waals surface area contributed by atoms with Gasteiger partial charge in [0, 0.05) is 18.9 Å². The van der Waals surface area contributed by atoms with Gasteiger partial charge in [0.15, 0.2) is 0 Å². The molecule has 1 atom stereocenters. The van der Waals surface area contributed by atoms with Gasteiger partial charge in [-0.25, -0.2) is 0 Å². The van der Waals surface area contributed by atoms with E-state index in [0.29, 0.717) is 12.3 Å². The Bertz CT molecular complexity index is 456. The third-order valence-corrected chi connectivity index (χ3v) is 4.53. The highest BCUT2D eigenvalue weighted by Gasteiger charge is 2.15. The Balaban J connectivity index is 1.66. The van der Waals surface area contributed by atoms with Gasteiger partial charge in [0.05, 0.1) is 11.9 Å². The largest absolute Gasteiger partial charge is 0.376 e. The number of ether oxygens (including phenoxy) is 1. The van der Waals surface area contributed by atoms with Gasteiger partial charge in [-0.05, 0) is 37.8 Å². The predicted octanol–water partition coefficient (Wildman–Crippen LogP) is 2.83. The van der Waals surface area contributed by atoms with Crippen LogP contribution in [0.5, 0.6) is 0 Å². The molecule has 0 aromatic heterocycles. The zero-order valence-corrected chi connectivity index (χ0v) is 13.1. The summed E-state index contributed by atoms with van der Waals surface area (Å²) in [6.45, 7) is 5.71. The van der Waals surface area contributed by atoms with Crippen molar-refractivity contribution < 1.29 is 9.53 Å². The lowest BCUT2D eigenvalue weighted by Gasteiger charge is -2.11. The molecule has 20 heavy (non-hydrogen) atoms. The molecular formula is C16H23NO2S. The Kier molecular flexibility index (Phi) is 5.92. The maximum atomic E-state index is 11.8.